The quantitative estimate of drug-likeness (QED) is 0.302. The van der Waals surface area contributed by atoms with Crippen LogP contribution in [0, 0.1) is 5.82 Å². The highest BCUT2D eigenvalue weighted by atomic mass is 35.5. The molecule has 7 heteroatoms. The molecule has 0 radical (unpaired) electrons. The number of halogens is 2. The Labute approximate surface area is 215 Å². The van der Waals surface area contributed by atoms with Gasteiger partial charge in [0.2, 0.25) is 5.95 Å². The Kier molecular flexibility index (Phi) is 6.18. The number of anilines is 2. The number of ether oxygens (including phenoxy) is 1. The van der Waals surface area contributed by atoms with Crippen LogP contribution in [0.1, 0.15) is 62.6 Å². The molecule has 6 rings (SSSR count). The fourth-order valence-corrected chi connectivity index (χ4v) is 6.08. The van der Waals surface area contributed by atoms with Gasteiger partial charge in [0.25, 0.3) is 0 Å². The first-order valence-electron chi connectivity index (χ1n) is 12.9. The minimum absolute atomic E-state index is 0.0841. The van der Waals surface area contributed by atoms with Gasteiger partial charge in [0.1, 0.15) is 5.82 Å². The zero-order valence-electron chi connectivity index (χ0n) is 20.4. The molecule has 1 N–H and O–H groups in total. The van der Waals surface area contributed by atoms with Gasteiger partial charge in [-0.15, -0.1) is 5.10 Å². The van der Waals surface area contributed by atoms with Gasteiger partial charge in [-0.1, -0.05) is 42.8 Å². The highest BCUT2D eigenvalue weighted by Gasteiger charge is 2.40. The van der Waals surface area contributed by atoms with E-state index >= 15 is 0 Å². The SMILES string of the molecule is CCc1ccc(-c2cc(C3CCC4(CCCO4)CC3)n3nc(Nc4cc(F)cc(Cl)c4)ncc23)cc1. The summed E-state index contributed by atoms with van der Waals surface area (Å²) >= 11 is 6.05. The van der Waals surface area contributed by atoms with Crippen molar-refractivity contribution in [1.29, 1.82) is 0 Å². The Hall–Kier alpha value is -2.96. The third-order valence-corrected chi connectivity index (χ3v) is 8.05. The van der Waals surface area contributed by atoms with Gasteiger partial charge in [0, 0.05) is 34.5 Å². The van der Waals surface area contributed by atoms with Crippen LogP contribution in [0.15, 0.2) is 54.7 Å². The summed E-state index contributed by atoms with van der Waals surface area (Å²) in [5.74, 6) is 0.387. The number of nitrogens with zero attached hydrogens (tertiary/aromatic N) is 3. The van der Waals surface area contributed by atoms with Gasteiger partial charge in [0.15, 0.2) is 0 Å². The van der Waals surface area contributed by atoms with Gasteiger partial charge in [-0.05, 0) is 80.3 Å². The molecule has 4 aromatic rings. The van der Waals surface area contributed by atoms with Crippen molar-refractivity contribution >= 4 is 28.8 Å². The van der Waals surface area contributed by atoms with E-state index in [2.05, 4.69) is 47.6 Å². The summed E-state index contributed by atoms with van der Waals surface area (Å²) in [7, 11) is 0. The molecule has 0 amide bonds. The Morgan fingerprint density at radius 1 is 1.11 bits per heavy atom. The summed E-state index contributed by atoms with van der Waals surface area (Å²) < 4.78 is 22.1. The van der Waals surface area contributed by atoms with Crippen molar-refractivity contribution in [3.63, 3.8) is 0 Å². The van der Waals surface area contributed by atoms with Crippen LogP contribution in [0.25, 0.3) is 16.6 Å². The summed E-state index contributed by atoms with van der Waals surface area (Å²) in [6, 6.07) is 15.3. The smallest absolute Gasteiger partial charge is 0.245 e. The third-order valence-electron chi connectivity index (χ3n) is 7.84. The fourth-order valence-electron chi connectivity index (χ4n) is 5.86. The van der Waals surface area contributed by atoms with Crippen molar-refractivity contribution in [3.05, 3.63) is 76.8 Å². The molecule has 2 aromatic carbocycles. The molecule has 36 heavy (non-hydrogen) atoms. The number of hydrogen-bond donors (Lipinski definition) is 1. The van der Waals surface area contributed by atoms with Crippen molar-refractivity contribution in [2.24, 2.45) is 0 Å². The highest BCUT2D eigenvalue weighted by molar-refractivity contribution is 6.30. The van der Waals surface area contributed by atoms with Gasteiger partial charge in [-0.25, -0.2) is 13.9 Å². The van der Waals surface area contributed by atoms with E-state index < -0.39 is 5.82 Å². The number of aryl methyl sites for hydroxylation is 1. The van der Waals surface area contributed by atoms with Crippen LogP contribution in [0.5, 0.6) is 0 Å². The van der Waals surface area contributed by atoms with Crippen LogP contribution in [-0.4, -0.2) is 26.8 Å². The van der Waals surface area contributed by atoms with Crippen LogP contribution in [0.4, 0.5) is 16.0 Å². The molecule has 1 saturated carbocycles. The van der Waals surface area contributed by atoms with Crippen LogP contribution in [0.3, 0.4) is 0 Å². The lowest BCUT2D eigenvalue weighted by Gasteiger charge is -2.36. The molecule has 1 saturated heterocycles. The largest absolute Gasteiger partial charge is 0.375 e. The molecule has 3 heterocycles. The molecule has 5 nitrogen and oxygen atoms in total. The minimum atomic E-state index is -0.407. The summed E-state index contributed by atoms with van der Waals surface area (Å²) in [6.07, 6.45) is 9.54. The monoisotopic (exact) mass is 504 g/mol. The number of fused-ring (bicyclic) bond motifs is 1. The van der Waals surface area contributed by atoms with Crippen LogP contribution in [-0.2, 0) is 11.2 Å². The number of nitrogens with one attached hydrogen (secondary N) is 1. The standard InChI is InChI=1S/C29H30ClFN4O/c1-2-19-4-6-20(7-5-19)25-17-26(21-8-11-29(12-9-21)10-3-13-36-29)35-27(25)18-32-28(34-35)33-24-15-22(30)14-23(31)16-24/h4-7,14-18,21H,2-3,8-13H2,1H3,(H,33,34). The van der Waals surface area contributed by atoms with Gasteiger partial charge in [-0.3, -0.25) is 0 Å². The lowest BCUT2D eigenvalue weighted by atomic mass is 9.76. The molecule has 1 spiro atoms. The van der Waals surface area contributed by atoms with E-state index in [0.717, 1.165) is 55.4 Å². The zero-order valence-corrected chi connectivity index (χ0v) is 21.2. The number of rotatable bonds is 5. The number of aromatic nitrogens is 3. The molecule has 0 bridgehead atoms. The molecule has 0 atom stereocenters. The van der Waals surface area contributed by atoms with Gasteiger partial charge in [-0.2, -0.15) is 0 Å². The summed E-state index contributed by atoms with van der Waals surface area (Å²) in [4.78, 5) is 4.57. The van der Waals surface area contributed by atoms with Crippen LogP contribution in [0.2, 0.25) is 5.02 Å². The second kappa shape index (κ2) is 9.49. The molecule has 0 unspecified atom stereocenters. The molecule has 1 aliphatic carbocycles. The van der Waals surface area contributed by atoms with E-state index in [1.165, 1.54) is 36.2 Å². The van der Waals surface area contributed by atoms with Crippen molar-refractivity contribution in [2.75, 3.05) is 11.9 Å². The molecule has 2 aliphatic rings. The average molecular weight is 505 g/mol. The number of benzene rings is 2. The fraction of sp³-hybridized carbons (Fsp3) is 0.379. The molecular formula is C29H30ClFN4O. The zero-order chi connectivity index (χ0) is 24.7. The molecule has 1 aliphatic heterocycles. The van der Waals surface area contributed by atoms with Crippen molar-refractivity contribution in [3.8, 4) is 11.1 Å². The first kappa shape index (κ1) is 23.4. The first-order chi connectivity index (χ1) is 17.5. The molecule has 186 valence electrons. The Morgan fingerprint density at radius 2 is 1.92 bits per heavy atom. The second-order valence-corrected chi connectivity index (χ2v) is 10.5. The molecular weight excluding hydrogens is 475 g/mol. The van der Waals surface area contributed by atoms with E-state index in [9.17, 15) is 4.39 Å². The van der Waals surface area contributed by atoms with Crippen molar-refractivity contribution < 1.29 is 9.13 Å². The maximum absolute atomic E-state index is 13.9. The minimum Gasteiger partial charge on any atom is -0.375 e. The van der Waals surface area contributed by atoms with Crippen molar-refractivity contribution in [1.82, 2.24) is 14.6 Å². The normalized spacial score (nSPS) is 21.9. The summed E-state index contributed by atoms with van der Waals surface area (Å²) in [6.45, 7) is 3.06. The number of hydrogen-bond acceptors (Lipinski definition) is 4. The third kappa shape index (κ3) is 4.48. The lowest BCUT2D eigenvalue weighted by molar-refractivity contribution is -0.0284. The first-order valence-corrected chi connectivity index (χ1v) is 13.2. The highest BCUT2D eigenvalue weighted by Crippen LogP contribution is 2.45. The topological polar surface area (TPSA) is 51.5 Å². The van der Waals surface area contributed by atoms with Gasteiger partial charge >= 0.3 is 0 Å². The average Bonchev–Trinajstić information content (AvgIpc) is 3.49. The maximum atomic E-state index is 13.9. The predicted molar refractivity (Wildman–Crippen MR) is 142 cm³/mol. The Balaban J connectivity index is 1.39. The van der Waals surface area contributed by atoms with E-state index in [-0.39, 0.29) is 5.60 Å². The van der Waals surface area contributed by atoms with Crippen LogP contribution < -0.4 is 5.32 Å². The van der Waals surface area contributed by atoms with Gasteiger partial charge < -0.3 is 10.1 Å². The Bertz CT molecular complexity index is 1360. The van der Waals surface area contributed by atoms with E-state index in [0.29, 0.717) is 22.6 Å². The van der Waals surface area contributed by atoms with Crippen molar-refractivity contribution in [2.45, 2.75) is 63.4 Å². The summed E-state index contributed by atoms with van der Waals surface area (Å²) in [5.41, 5.74) is 6.36. The second-order valence-electron chi connectivity index (χ2n) is 10.1. The molecule has 2 aromatic heterocycles. The van der Waals surface area contributed by atoms with E-state index in [4.69, 9.17) is 21.4 Å². The maximum Gasteiger partial charge on any atom is 0.245 e. The Morgan fingerprint density at radius 3 is 2.61 bits per heavy atom. The van der Waals surface area contributed by atoms with Crippen LogP contribution >= 0.6 is 11.6 Å². The van der Waals surface area contributed by atoms with Gasteiger partial charge in [0.05, 0.1) is 17.3 Å². The van der Waals surface area contributed by atoms with E-state index in [1.807, 2.05) is 10.7 Å². The predicted octanol–water partition coefficient (Wildman–Crippen LogP) is 7.70. The van der Waals surface area contributed by atoms with E-state index in [1.54, 1.807) is 6.07 Å². The summed E-state index contributed by atoms with van der Waals surface area (Å²) in [5, 5.41) is 8.32. The molecule has 2 fully saturated rings. The lowest BCUT2D eigenvalue weighted by Crippen LogP contribution is -2.32.